The predicted molar refractivity (Wildman–Crippen MR) is 114 cm³/mol. The van der Waals surface area contributed by atoms with Gasteiger partial charge >= 0.3 is 0 Å². The molecule has 0 spiro atoms. The van der Waals surface area contributed by atoms with E-state index in [-0.39, 0.29) is 24.3 Å². The molecule has 2 N–H and O–H groups in total. The Morgan fingerprint density at radius 2 is 2.07 bits per heavy atom. The van der Waals surface area contributed by atoms with Crippen LogP contribution in [0.5, 0.6) is 0 Å². The summed E-state index contributed by atoms with van der Waals surface area (Å²) >= 11 is 1.45. The lowest BCUT2D eigenvalue weighted by Crippen LogP contribution is -2.32. The summed E-state index contributed by atoms with van der Waals surface area (Å²) in [4.78, 5) is 29.0. The summed E-state index contributed by atoms with van der Waals surface area (Å²) in [6.07, 6.45) is 1.07. The standard InChI is InChI=1S/C22H25N3O3S/c1-4-14(2)24-21(27)17-7-5-6-16(10-17)12-23-20(26)11-18-13-29-22(25-18)19-9-8-15(3)28-19/h5-10,13-14H,4,11-12H2,1-3H3,(H,23,26)(H,24,27). The number of carbonyl (C=O) groups is 2. The van der Waals surface area contributed by atoms with E-state index in [4.69, 9.17) is 4.42 Å². The summed E-state index contributed by atoms with van der Waals surface area (Å²) in [7, 11) is 0. The van der Waals surface area contributed by atoms with Gasteiger partial charge in [-0.1, -0.05) is 19.1 Å². The molecule has 29 heavy (non-hydrogen) atoms. The monoisotopic (exact) mass is 411 g/mol. The number of carbonyl (C=O) groups excluding carboxylic acids is 2. The number of furan rings is 1. The zero-order chi connectivity index (χ0) is 20.8. The van der Waals surface area contributed by atoms with Crippen molar-refractivity contribution in [1.82, 2.24) is 15.6 Å². The molecular weight excluding hydrogens is 386 g/mol. The molecule has 0 saturated carbocycles. The van der Waals surface area contributed by atoms with Gasteiger partial charge in [0.25, 0.3) is 5.91 Å². The van der Waals surface area contributed by atoms with Crippen molar-refractivity contribution in [3.8, 4) is 10.8 Å². The van der Waals surface area contributed by atoms with E-state index >= 15 is 0 Å². The molecule has 3 aromatic rings. The van der Waals surface area contributed by atoms with Gasteiger partial charge in [-0.25, -0.2) is 4.98 Å². The largest absolute Gasteiger partial charge is 0.459 e. The van der Waals surface area contributed by atoms with E-state index < -0.39 is 0 Å². The first-order valence-electron chi connectivity index (χ1n) is 9.62. The molecule has 0 saturated heterocycles. The molecule has 0 bridgehead atoms. The van der Waals surface area contributed by atoms with Gasteiger partial charge in [0, 0.05) is 23.5 Å². The highest BCUT2D eigenvalue weighted by atomic mass is 32.1. The van der Waals surface area contributed by atoms with Crippen LogP contribution in [-0.4, -0.2) is 22.8 Å². The van der Waals surface area contributed by atoms with Crippen LogP contribution in [0, 0.1) is 6.92 Å². The van der Waals surface area contributed by atoms with Crippen molar-refractivity contribution in [2.45, 2.75) is 46.2 Å². The summed E-state index contributed by atoms with van der Waals surface area (Å²) in [5, 5.41) is 8.47. The number of aromatic nitrogens is 1. The average Bonchev–Trinajstić information content (AvgIpc) is 3.35. The second-order valence-electron chi connectivity index (χ2n) is 6.99. The Hall–Kier alpha value is -2.93. The molecule has 2 aromatic heterocycles. The van der Waals surface area contributed by atoms with Gasteiger partial charge in [-0.15, -0.1) is 11.3 Å². The number of hydrogen-bond donors (Lipinski definition) is 2. The van der Waals surface area contributed by atoms with Crippen LogP contribution < -0.4 is 10.6 Å². The van der Waals surface area contributed by atoms with Gasteiger partial charge < -0.3 is 15.1 Å². The SMILES string of the molecule is CCC(C)NC(=O)c1cccc(CNC(=O)Cc2csc(-c3ccc(C)o3)n2)c1. The van der Waals surface area contributed by atoms with Crippen molar-refractivity contribution in [3.63, 3.8) is 0 Å². The van der Waals surface area contributed by atoms with Gasteiger partial charge in [0.05, 0.1) is 12.1 Å². The number of thiazole rings is 1. The lowest BCUT2D eigenvalue weighted by molar-refractivity contribution is -0.120. The Labute approximate surface area is 174 Å². The zero-order valence-electron chi connectivity index (χ0n) is 16.8. The Bertz CT molecular complexity index is 993. The molecule has 1 aromatic carbocycles. The number of benzene rings is 1. The molecule has 2 heterocycles. The fraction of sp³-hybridized carbons (Fsp3) is 0.318. The summed E-state index contributed by atoms with van der Waals surface area (Å²) in [6, 6.07) is 11.2. The molecule has 0 aliphatic carbocycles. The Balaban J connectivity index is 1.54. The first-order chi connectivity index (χ1) is 13.9. The maximum absolute atomic E-state index is 12.3. The van der Waals surface area contributed by atoms with E-state index in [2.05, 4.69) is 15.6 Å². The van der Waals surface area contributed by atoms with Crippen LogP contribution >= 0.6 is 11.3 Å². The third-order valence-corrected chi connectivity index (χ3v) is 5.42. The minimum atomic E-state index is -0.119. The number of aryl methyl sites for hydroxylation is 1. The van der Waals surface area contributed by atoms with E-state index in [1.807, 2.05) is 50.4 Å². The number of rotatable bonds is 8. The topological polar surface area (TPSA) is 84.2 Å². The van der Waals surface area contributed by atoms with Crippen LogP contribution in [0.3, 0.4) is 0 Å². The number of nitrogens with one attached hydrogen (secondary N) is 2. The van der Waals surface area contributed by atoms with E-state index in [1.54, 1.807) is 12.1 Å². The van der Waals surface area contributed by atoms with Crippen molar-refractivity contribution in [2.24, 2.45) is 0 Å². The van der Waals surface area contributed by atoms with Crippen LogP contribution in [0.4, 0.5) is 0 Å². The van der Waals surface area contributed by atoms with Crippen molar-refractivity contribution < 1.29 is 14.0 Å². The van der Waals surface area contributed by atoms with Crippen LogP contribution in [0.15, 0.2) is 46.2 Å². The third kappa shape index (κ3) is 5.77. The van der Waals surface area contributed by atoms with Crippen LogP contribution in [0.25, 0.3) is 10.8 Å². The lowest BCUT2D eigenvalue weighted by atomic mass is 10.1. The highest BCUT2D eigenvalue weighted by Crippen LogP contribution is 2.25. The lowest BCUT2D eigenvalue weighted by Gasteiger charge is -2.12. The van der Waals surface area contributed by atoms with Gasteiger partial charge in [0.1, 0.15) is 5.76 Å². The number of hydrogen-bond acceptors (Lipinski definition) is 5. The third-order valence-electron chi connectivity index (χ3n) is 4.51. The second kappa shape index (κ2) is 9.52. The highest BCUT2D eigenvalue weighted by molar-refractivity contribution is 7.13. The molecule has 0 radical (unpaired) electrons. The molecular formula is C22H25N3O3S. The van der Waals surface area contributed by atoms with Crippen LogP contribution in [0.2, 0.25) is 0 Å². The Kier molecular flexibility index (Phi) is 6.82. The molecule has 2 amide bonds. The highest BCUT2D eigenvalue weighted by Gasteiger charge is 2.12. The maximum Gasteiger partial charge on any atom is 0.251 e. The zero-order valence-corrected chi connectivity index (χ0v) is 17.6. The van der Waals surface area contributed by atoms with Gasteiger partial charge in [0.2, 0.25) is 5.91 Å². The van der Waals surface area contributed by atoms with Gasteiger partial charge in [-0.05, 0) is 50.1 Å². The molecule has 0 fully saturated rings. The van der Waals surface area contributed by atoms with E-state index in [0.29, 0.717) is 23.6 Å². The van der Waals surface area contributed by atoms with Crippen LogP contribution in [-0.2, 0) is 17.8 Å². The fourth-order valence-electron chi connectivity index (χ4n) is 2.71. The quantitative estimate of drug-likeness (QED) is 0.584. The van der Waals surface area contributed by atoms with Crippen molar-refractivity contribution in [1.29, 1.82) is 0 Å². The second-order valence-corrected chi connectivity index (χ2v) is 7.85. The van der Waals surface area contributed by atoms with Crippen molar-refractivity contribution in [2.75, 3.05) is 0 Å². The molecule has 6 nitrogen and oxygen atoms in total. The van der Waals surface area contributed by atoms with E-state index in [1.165, 1.54) is 11.3 Å². The molecule has 0 aliphatic heterocycles. The number of amides is 2. The summed E-state index contributed by atoms with van der Waals surface area (Å²) in [6.45, 7) is 6.24. The Morgan fingerprint density at radius 3 is 2.79 bits per heavy atom. The first-order valence-corrected chi connectivity index (χ1v) is 10.5. The minimum Gasteiger partial charge on any atom is -0.459 e. The Morgan fingerprint density at radius 1 is 1.24 bits per heavy atom. The fourth-order valence-corrected chi connectivity index (χ4v) is 3.49. The molecule has 3 rings (SSSR count). The molecule has 0 aliphatic rings. The normalized spacial score (nSPS) is 11.8. The molecule has 152 valence electrons. The first kappa shape index (κ1) is 20.8. The van der Waals surface area contributed by atoms with Gasteiger partial charge in [-0.3, -0.25) is 9.59 Å². The van der Waals surface area contributed by atoms with Gasteiger partial charge in [0.15, 0.2) is 10.8 Å². The van der Waals surface area contributed by atoms with E-state index in [0.717, 1.165) is 22.8 Å². The molecule has 1 unspecified atom stereocenters. The predicted octanol–water partition coefficient (Wildman–Crippen LogP) is 4.10. The van der Waals surface area contributed by atoms with Crippen molar-refractivity contribution in [3.05, 3.63) is 64.4 Å². The number of nitrogens with zero attached hydrogens (tertiary/aromatic N) is 1. The van der Waals surface area contributed by atoms with Gasteiger partial charge in [-0.2, -0.15) is 0 Å². The molecule has 7 heteroatoms. The van der Waals surface area contributed by atoms with Crippen molar-refractivity contribution >= 4 is 23.2 Å². The summed E-state index contributed by atoms with van der Waals surface area (Å²) < 4.78 is 5.57. The summed E-state index contributed by atoms with van der Waals surface area (Å²) in [5.41, 5.74) is 2.17. The average molecular weight is 412 g/mol. The summed E-state index contributed by atoms with van der Waals surface area (Å²) in [5.74, 6) is 1.32. The maximum atomic E-state index is 12.3. The van der Waals surface area contributed by atoms with E-state index in [9.17, 15) is 9.59 Å². The minimum absolute atomic E-state index is 0.101. The van der Waals surface area contributed by atoms with Crippen LogP contribution in [0.1, 0.15) is 47.6 Å². The smallest absolute Gasteiger partial charge is 0.251 e. The molecule has 1 atom stereocenters.